The Hall–Kier alpha value is -1.27. The van der Waals surface area contributed by atoms with Crippen molar-refractivity contribution < 1.29 is 10.0 Å². The summed E-state index contributed by atoms with van der Waals surface area (Å²) in [6.07, 6.45) is 3.72. The van der Waals surface area contributed by atoms with E-state index in [1.165, 1.54) is 0 Å². The minimum atomic E-state index is -1.41. The molecule has 0 saturated carbocycles. The van der Waals surface area contributed by atoms with Crippen molar-refractivity contribution in [3.8, 4) is 0 Å². The number of fused-ring (bicyclic) bond motifs is 1. The average molecular weight is 163 g/mol. The zero-order valence-corrected chi connectivity index (χ0v) is 6.18. The third kappa shape index (κ3) is 1.11. The van der Waals surface area contributed by atoms with Crippen LogP contribution in [0.3, 0.4) is 0 Å². The first kappa shape index (κ1) is 7.39. The molecule has 0 fully saturated rings. The van der Waals surface area contributed by atoms with Crippen LogP contribution in [0.15, 0.2) is 38.8 Å². The van der Waals surface area contributed by atoms with Crippen molar-refractivity contribution in [3.05, 3.63) is 23.3 Å². The zero-order valence-electron chi connectivity index (χ0n) is 6.18. The molecule has 0 radical (unpaired) electrons. The molecule has 0 aromatic carbocycles. The van der Waals surface area contributed by atoms with Gasteiger partial charge >= 0.3 is 7.12 Å². The smallest absolute Gasteiger partial charge is 0.423 e. The van der Waals surface area contributed by atoms with Gasteiger partial charge in [-0.15, -0.1) is 10.2 Å². The molecular formula is C6H6BN3O2. The molecule has 0 unspecified atom stereocenters. The van der Waals surface area contributed by atoms with Crippen LogP contribution in [0.25, 0.3) is 0 Å². The SMILES string of the molecule is OB(O)C1=CC=C2N=NN=C2C1. The van der Waals surface area contributed by atoms with Gasteiger partial charge in [0.05, 0.1) is 5.71 Å². The van der Waals surface area contributed by atoms with E-state index in [1.807, 2.05) is 0 Å². The normalized spacial score (nSPS) is 19.7. The van der Waals surface area contributed by atoms with Crippen LogP contribution in [-0.4, -0.2) is 22.9 Å². The second-order valence-electron chi connectivity index (χ2n) is 2.58. The van der Waals surface area contributed by atoms with Crippen molar-refractivity contribution in [1.82, 2.24) is 0 Å². The fourth-order valence-corrected chi connectivity index (χ4v) is 1.10. The lowest BCUT2D eigenvalue weighted by Gasteiger charge is -2.08. The van der Waals surface area contributed by atoms with Crippen LogP contribution >= 0.6 is 0 Å². The Bertz CT molecular complexity index is 330. The quantitative estimate of drug-likeness (QED) is 0.535. The van der Waals surface area contributed by atoms with Crippen LogP contribution in [0.4, 0.5) is 0 Å². The first-order valence-electron chi connectivity index (χ1n) is 3.52. The van der Waals surface area contributed by atoms with E-state index < -0.39 is 7.12 Å². The summed E-state index contributed by atoms with van der Waals surface area (Å²) in [5.41, 5.74) is 1.92. The highest BCUT2D eigenvalue weighted by molar-refractivity contribution is 6.51. The molecule has 12 heavy (non-hydrogen) atoms. The molecule has 2 rings (SSSR count). The number of nitrogens with zero attached hydrogens (tertiary/aromatic N) is 3. The van der Waals surface area contributed by atoms with Crippen molar-refractivity contribution in [2.75, 3.05) is 0 Å². The monoisotopic (exact) mass is 163 g/mol. The molecule has 0 aromatic rings. The Kier molecular flexibility index (Phi) is 1.63. The molecule has 1 aliphatic heterocycles. The van der Waals surface area contributed by atoms with Crippen LogP contribution in [-0.2, 0) is 0 Å². The Balaban J connectivity index is 2.28. The summed E-state index contributed by atoms with van der Waals surface area (Å²) < 4.78 is 0. The van der Waals surface area contributed by atoms with E-state index in [1.54, 1.807) is 12.2 Å². The number of rotatable bonds is 1. The molecule has 0 saturated heterocycles. The first-order valence-corrected chi connectivity index (χ1v) is 3.52. The van der Waals surface area contributed by atoms with Crippen LogP contribution in [0, 0.1) is 0 Å². The maximum Gasteiger partial charge on any atom is 0.484 e. The topological polar surface area (TPSA) is 77.5 Å². The first-order chi connectivity index (χ1) is 5.77. The molecule has 2 aliphatic rings. The van der Waals surface area contributed by atoms with E-state index in [0.29, 0.717) is 23.3 Å². The predicted octanol–water partition coefficient (Wildman–Crippen LogP) is 0.0342. The van der Waals surface area contributed by atoms with Crippen LogP contribution in [0.5, 0.6) is 0 Å². The van der Waals surface area contributed by atoms with Crippen molar-refractivity contribution in [3.63, 3.8) is 0 Å². The van der Waals surface area contributed by atoms with Gasteiger partial charge in [-0.05, 0) is 16.8 Å². The maximum atomic E-state index is 8.84. The van der Waals surface area contributed by atoms with E-state index in [2.05, 4.69) is 15.4 Å². The van der Waals surface area contributed by atoms with Gasteiger partial charge in [0.1, 0.15) is 5.70 Å². The fourth-order valence-electron chi connectivity index (χ4n) is 1.10. The summed E-state index contributed by atoms with van der Waals surface area (Å²) in [4.78, 5) is 0. The van der Waals surface area contributed by atoms with Gasteiger partial charge in [0, 0.05) is 6.42 Å². The lowest BCUT2D eigenvalue weighted by molar-refractivity contribution is 0.418. The van der Waals surface area contributed by atoms with Gasteiger partial charge in [-0.25, -0.2) is 0 Å². The summed E-state index contributed by atoms with van der Waals surface area (Å²) in [7, 11) is -1.41. The van der Waals surface area contributed by atoms with Gasteiger partial charge < -0.3 is 10.0 Å². The molecule has 60 valence electrons. The van der Waals surface area contributed by atoms with E-state index in [-0.39, 0.29) is 0 Å². The minimum absolute atomic E-state index is 0.413. The van der Waals surface area contributed by atoms with Crippen molar-refractivity contribution >= 4 is 12.8 Å². The maximum absolute atomic E-state index is 8.84. The molecule has 0 aromatic heterocycles. The van der Waals surface area contributed by atoms with E-state index in [4.69, 9.17) is 10.0 Å². The molecule has 2 N–H and O–H groups in total. The van der Waals surface area contributed by atoms with Gasteiger partial charge in [0.2, 0.25) is 0 Å². The van der Waals surface area contributed by atoms with Crippen molar-refractivity contribution in [1.29, 1.82) is 0 Å². The van der Waals surface area contributed by atoms with Crippen molar-refractivity contribution in [2.24, 2.45) is 15.4 Å². The number of hydrogen-bond acceptors (Lipinski definition) is 5. The number of allylic oxidation sites excluding steroid dienone is 4. The second kappa shape index (κ2) is 2.65. The lowest BCUT2D eigenvalue weighted by atomic mass is 9.74. The van der Waals surface area contributed by atoms with Gasteiger partial charge in [-0.3, -0.25) is 0 Å². The van der Waals surface area contributed by atoms with Gasteiger partial charge in [-0.1, -0.05) is 6.08 Å². The number of hydrogen-bond donors (Lipinski definition) is 2. The molecule has 6 heteroatoms. The molecule has 1 heterocycles. The van der Waals surface area contributed by atoms with E-state index >= 15 is 0 Å². The highest BCUT2D eigenvalue weighted by Crippen LogP contribution is 2.21. The molecule has 0 amide bonds. The molecule has 1 aliphatic carbocycles. The summed E-state index contributed by atoms with van der Waals surface area (Å²) in [5.74, 6) is 0. The lowest BCUT2D eigenvalue weighted by Crippen LogP contribution is -2.20. The fraction of sp³-hybridized carbons (Fsp3) is 0.167. The summed E-state index contributed by atoms with van der Waals surface area (Å²) >= 11 is 0. The minimum Gasteiger partial charge on any atom is -0.423 e. The molecule has 0 bridgehead atoms. The van der Waals surface area contributed by atoms with E-state index in [9.17, 15) is 0 Å². The third-order valence-corrected chi connectivity index (χ3v) is 1.77. The zero-order chi connectivity index (χ0) is 8.55. The highest BCUT2D eigenvalue weighted by atomic mass is 16.4. The van der Waals surface area contributed by atoms with Gasteiger partial charge in [0.15, 0.2) is 0 Å². The Morgan fingerprint density at radius 3 is 2.92 bits per heavy atom. The van der Waals surface area contributed by atoms with Crippen molar-refractivity contribution in [2.45, 2.75) is 6.42 Å². The molecular weight excluding hydrogens is 157 g/mol. The standard InChI is InChI=1S/C6H6BN3O2/c11-7(12)4-1-2-5-6(3-4)9-10-8-5/h1-2,11-12H,3H2. The summed E-state index contributed by atoms with van der Waals surface area (Å²) in [6, 6.07) is 0. The van der Waals surface area contributed by atoms with Gasteiger partial charge in [-0.2, -0.15) is 0 Å². The third-order valence-electron chi connectivity index (χ3n) is 1.77. The molecule has 0 atom stereocenters. The second-order valence-corrected chi connectivity index (χ2v) is 2.58. The van der Waals surface area contributed by atoms with Crippen LogP contribution in [0.2, 0.25) is 0 Å². The predicted molar refractivity (Wildman–Crippen MR) is 43.3 cm³/mol. The van der Waals surface area contributed by atoms with Crippen LogP contribution in [0.1, 0.15) is 6.42 Å². The summed E-state index contributed by atoms with van der Waals surface area (Å²) in [5, 5.41) is 28.6. The molecule has 0 spiro atoms. The average Bonchev–Trinajstić information content (AvgIpc) is 2.49. The Morgan fingerprint density at radius 1 is 1.33 bits per heavy atom. The van der Waals surface area contributed by atoms with E-state index in [0.717, 1.165) is 0 Å². The highest BCUT2D eigenvalue weighted by Gasteiger charge is 2.23. The van der Waals surface area contributed by atoms with Gasteiger partial charge in [0.25, 0.3) is 0 Å². The Morgan fingerprint density at radius 2 is 2.17 bits per heavy atom. The molecule has 5 nitrogen and oxygen atoms in total. The Labute approximate surface area is 69.0 Å². The largest absolute Gasteiger partial charge is 0.484 e. The van der Waals surface area contributed by atoms with Crippen LogP contribution < -0.4 is 0 Å². The summed E-state index contributed by atoms with van der Waals surface area (Å²) in [6.45, 7) is 0.